The Morgan fingerprint density at radius 2 is 1.73 bits per heavy atom. The van der Waals surface area contributed by atoms with E-state index in [0.29, 0.717) is 0 Å². The molecule has 0 spiro atoms. The second kappa shape index (κ2) is 5.58. The zero-order chi connectivity index (χ0) is 10.3. The lowest BCUT2D eigenvalue weighted by Crippen LogP contribution is -2.01. The largest absolute Gasteiger partial charge is 0.124 e. The molecular weight excluding hydrogens is 180 g/mol. The highest BCUT2D eigenvalue weighted by Crippen LogP contribution is 2.24. The van der Waals surface area contributed by atoms with Crippen LogP contribution in [0.2, 0.25) is 0 Å². The van der Waals surface area contributed by atoms with Crippen LogP contribution in [-0.2, 0) is 0 Å². The van der Waals surface area contributed by atoms with Gasteiger partial charge in [-0.05, 0) is 36.5 Å². The Labute approximate surface area is 92.3 Å². The summed E-state index contributed by atoms with van der Waals surface area (Å²) in [6.45, 7) is 0. The van der Waals surface area contributed by atoms with Gasteiger partial charge in [0.05, 0.1) is 0 Å². The lowest BCUT2D eigenvalue weighted by molar-refractivity contribution is 0.420. The molecule has 0 nitrogen and oxygen atoms in total. The van der Waals surface area contributed by atoms with E-state index in [1.54, 1.807) is 0 Å². The Bertz CT molecular complexity index is 336. The van der Waals surface area contributed by atoms with Gasteiger partial charge in [0.1, 0.15) is 0 Å². The summed E-state index contributed by atoms with van der Waals surface area (Å²) in [5.41, 5.74) is 4.56. The van der Waals surface area contributed by atoms with Crippen molar-refractivity contribution in [3.63, 3.8) is 0 Å². The van der Waals surface area contributed by atoms with E-state index in [-0.39, 0.29) is 0 Å². The van der Waals surface area contributed by atoms with Gasteiger partial charge in [-0.3, -0.25) is 0 Å². The Kier molecular flexibility index (Phi) is 3.82. The van der Waals surface area contributed by atoms with E-state index in [2.05, 4.69) is 42.1 Å². The van der Waals surface area contributed by atoms with Crippen molar-refractivity contribution in [1.82, 2.24) is 0 Å². The van der Waals surface area contributed by atoms with E-state index in [4.69, 9.17) is 0 Å². The highest BCUT2D eigenvalue weighted by Gasteiger charge is 2.08. The first-order valence-corrected chi connectivity index (χ1v) is 5.93. The zero-order valence-corrected chi connectivity index (χ0v) is 9.15. The smallest absolute Gasteiger partial charge is 0.0130 e. The Hall–Kier alpha value is -1.26. The summed E-state index contributed by atoms with van der Waals surface area (Å²) in [7, 11) is 0. The second-order valence-electron chi connectivity index (χ2n) is 4.29. The summed E-state index contributed by atoms with van der Waals surface area (Å²) in [6, 6.07) is 10.4. The summed E-state index contributed by atoms with van der Waals surface area (Å²) < 4.78 is 0. The van der Waals surface area contributed by atoms with Crippen LogP contribution in [0.4, 0.5) is 0 Å². The Balaban J connectivity index is 1.95. The minimum absolute atomic E-state index is 0.777. The van der Waals surface area contributed by atoms with Gasteiger partial charge in [-0.15, -0.1) is 5.73 Å². The van der Waals surface area contributed by atoms with Gasteiger partial charge in [0.15, 0.2) is 0 Å². The van der Waals surface area contributed by atoms with Gasteiger partial charge in [-0.1, -0.05) is 49.6 Å². The van der Waals surface area contributed by atoms with Crippen molar-refractivity contribution in [2.45, 2.75) is 32.1 Å². The molecule has 0 heteroatoms. The van der Waals surface area contributed by atoms with Crippen molar-refractivity contribution in [3.05, 3.63) is 47.7 Å². The summed E-state index contributed by atoms with van der Waals surface area (Å²) in [4.78, 5) is 0. The molecule has 0 unspecified atom stereocenters. The zero-order valence-electron chi connectivity index (χ0n) is 9.15. The average Bonchev–Trinajstić information content (AvgIpc) is 2.32. The van der Waals surface area contributed by atoms with Crippen LogP contribution in [0.3, 0.4) is 0 Å². The number of hydrogen-bond acceptors (Lipinski definition) is 0. The molecule has 15 heavy (non-hydrogen) atoms. The number of hydrogen-bond donors (Lipinski definition) is 0. The van der Waals surface area contributed by atoms with Gasteiger partial charge in [-0.25, -0.2) is 0 Å². The molecule has 1 aromatic carbocycles. The molecule has 0 radical (unpaired) electrons. The van der Waals surface area contributed by atoms with E-state index < -0.39 is 0 Å². The maximum absolute atomic E-state index is 3.32. The molecular formula is C15H18. The maximum Gasteiger partial charge on any atom is -0.0130 e. The van der Waals surface area contributed by atoms with Crippen molar-refractivity contribution in [2.75, 3.05) is 0 Å². The van der Waals surface area contributed by atoms with Crippen LogP contribution in [0, 0.1) is 5.92 Å². The lowest BCUT2D eigenvalue weighted by Gasteiger charge is -2.16. The van der Waals surface area contributed by atoms with Crippen LogP contribution in [0.15, 0.2) is 42.1 Å². The summed E-state index contributed by atoms with van der Waals surface area (Å²) in [5, 5.41) is 0. The monoisotopic (exact) mass is 198 g/mol. The fraction of sp³-hybridized carbons (Fsp3) is 0.400. The molecule has 0 saturated heterocycles. The number of allylic oxidation sites excluding steroid dienone is 1. The van der Waals surface area contributed by atoms with E-state index in [0.717, 1.165) is 5.92 Å². The molecule has 1 aliphatic carbocycles. The summed E-state index contributed by atoms with van der Waals surface area (Å²) in [5.74, 6) is 0.777. The molecule has 0 amide bonds. The SMILES string of the molecule is C(=Cc1ccccc1)=CC1CCCCC1. The third-order valence-corrected chi connectivity index (χ3v) is 3.03. The number of benzene rings is 1. The normalized spacial score (nSPS) is 16.8. The van der Waals surface area contributed by atoms with Crippen LogP contribution in [-0.4, -0.2) is 0 Å². The van der Waals surface area contributed by atoms with Gasteiger partial charge in [0.25, 0.3) is 0 Å². The fourth-order valence-electron chi connectivity index (χ4n) is 2.13. The average molecular weight is 198 g/mol. The molecule has 1 aliphatic rings. The van der Waals surface area contributed by atoms with E-state index in [1.807, 2.05) is 6.07 Å². The third kappa shape index (κ3) is 3.42. The predicted molar refractivity (Wildman–Crippen MR) is 65.6 cm³/mol. The first-order valence-electron chi connectivity index (χ1n) is 5.93. The van der Waals surface area contributed by atoms with Crippen LogP contribution in [0.5, 0.6) is 0 Å². The molecule has 1 fully saturated rings. The standard InChI is InChI=1S/C15H18/c1-3-8-14(9-4-1)12-7-13-15-10-5-2-6-11-15/h1,3-4,8-9,12-13,15H,2,5-6,10-11H2. The topological polar surface area (TPSA) is 0 Å². The maximum atomic E-state index is 3.32. The Morgan fingerprint density at radius 3 is 2.47 bits per heavy atom. The van der Waals surface area contributed by atoms with Crippen LogP contribution in [0.25, 0.3) is 6.08 Å². The fourth-order valence-corrected chi connectivity index (χ4v) is 2.13. The Morgan fingerprint density at radius 1 is 1.00 bits per heavy atom. The van der Waals surface area contributed by atoms with Crippen LogP contribution >= 0.6 is 0 Å². The molecule has 1 saturated carbocycles. The first kappa shape index (κ1) is 10.3. The molecule has 0 aromatic heterocycles. The van der Waals surface area contributed by atoms with Gasteiger partial charge in [-0.2, -0.15) is 0 Å². The minimum atomic E-state index is 0.777. The molecule has 0 heterocycles. The summed E-state index contributed by atoms with van der Waals surface area (Å²) >= 11 is 0. The van der Waals surface area contributed by atoms with E-state index in [1.165, 1.54) is 37.7 Å². The molecule has 2 rings (SSSR count). The van der Waals surface area contributed by atoms with E-state index >= 15 is 0 Å². The third-order valence-electron chi connectivity index (χ3n) is 3.03. The molecule has 0 atom stereocenters. The van der Waals surface area contributed by atoms with Gasteiger partial charge in [0, 0.05) is 0 Å². The molecule has 78 valence electrons. The van der Waals surface area contributed by atoms with Crippen molar-refractivity contribution in [2.24, 2.45) is 5.92 Å². The lowest BCUT2D eigenvalue weighted by atomic mass is 9.89. The van der Waals surface area contributed by atoms with E-state index in [9.17, 15) is 0 Å². The van der Waals surface area contributed by atoms with Gasteiger partial charge >= 0.3 is 0 Å². The molecule has 0 aliphatic heterocycles. The van der Waals surface area contributed by atoms with Crippen LogP contribution in [0.1, 0.15) is 37.7 Å². The summed E-state index contributed by atoms with van der Waals surface area (Å²) in [6.07, 6.45) is 11.3. The quantitative estimate of drug-likeness (QED) is 0.616. The van der Waals surface area contributed by atoms with Crippen molar-refractivity contribution in [3.8, 4) is 0 Å². The predicted octanol–water partition coefficient (Wildman–Crippen LogP) is 4.44. The molecule has 0 N–H and O–H groups in total. The highest BCUT2D eigenvalue weighted by molar-refractivity contribution is 5.47. The van der Waals surface area contributed by atoms with Gasteiger partial charge < -0.3 is 0 Å². The molecule has 0 bridgehead atoms. The highest BCUT2D eigenvalue weighted by atomic mass is 14.1. The minimum Gasteiger partial charge on any atom is -0.124 e. The van der Waals surface area contributed by atoms with Gasteiger partial charge in [0.2, 0.25) is 0 Å². The first-order chi connectivity index (χ1) is 7.45. The molecule has 1 aromatic rings. The van der Waals surface area contributed by atoms with Crippen molar-refractivity contribution in [1.29, 1.82) is 0 Å². The van der Waals surface area contributed by atoms with Crippen molar-refractivity contribution < 1.29 is 0 Å². The van der Waals surface area contributed by atoms with Crippen LogP contribution < -0.4 is 0 Å². The number of rotatable bonds is 2. The van der Waals surface area contributed by atoms with Crippen molar-refractivity contribution >= 4 is 6.08 Å². The second-order valence-corrected chi connectivity index (χ2v) is 4.29.